The van der Waals surface area contributed by atoms with Crippen molar-refractivity contribution in [2.24, 2.45) is 0 Å². The van der Waals surface area contributed by atoms with Crippen LogP contribution in [0, 0.1) is 0 Å². The van der Waals surface area contributed by atoms with Gasteiger partial charge in [-0.3, -0.25) is 0 Å². The van der Waals surface area contributed by atoms with Gasteiger partial charge in [0.15, 0.2) is 0 Å². The van der Waals surface area contributed by atoms with Gasteiger partial charge in [0.25, 0.3) is 0 Å². The fraction of sp³-hybridized carbons (Fsp3) is 0.438. The minimum atomic E-state index is -1.68. The third-order valence-electron chi connectivity index (χ3n) is 3.72. The molecule has 1 heterocycles. The average molecular weight is 356 g/mol. The van der Waals surface area contributed by atoms with Crippen molar-refractivity contribution >= 4 is 12.0 Å². The molecule has 1 aliphatic rings. The van der Waals surface area contributed by atoms with Crippen molar-refractivity contribution in [1.82, 2.24) is 0 Å². The van der Waals surface area contributed by atoms with E-state index in [4.69, 9.17) is 19.3 Å². The number of aliphatic hydroxyl groups excluding tert-OH is 4. The Bertz CT molecular complexity index is 628. The Hall–Kier alpha value is -2.17. The van der Waals surface area contributed by atoms with Crippen LogP contribution < -0.4 is 4.74 Å². The standard InChI is InChI=1S/C16H20O9/c1-23-9-4-2-8(10(18)6-9)3-5-12(19)25-16-15(22)14(21)13(20)11(7-17)24-16/h2-6,11,13-18,20-22H,7H2,1H3. The number of carbonyl (C=O) groups excluding carboxylic acids is 1. The maximum atomic E-state index is 11.8. The highest BCUT2D eigenvalue weighted by Gasteiger charge is 2.45. The average Bonchev–Trinajstić information content (AvgIpc) is 2.61. The number of aliphatic hydroxyl groups is 4. The van der Waals surface area contributed by atoms with Gasteiger partial charge in [-0.25, -0.2) is 4.79 Å². The number of esters is 1. The molecule has 1 saturated heterocycles. The molecule has 0 amide bonds. The lowest BCUT2D eigenvalue weighted by atomic mass is 9.99. The molecule has 0 bridgehead atoms. The quantitative estimate of drug-likeness (QED) is 0.323. The summed E-state index contributed by atoms with van der Waals surface area (Å²) in [5, 5.41) is 47.9. The van der Waals surface area contributed by atoms with Crippen molar-refractivity contribution in [3.8, 4) is 11.5 Å². The highest BCUT2D eigenvalue weighted by atomic mass is 16.7. The van der Waals surface area contributed by atoms with Gasteiger partial charge in [0.2, 0.25) is 6.29 Å². The van der Waals surface area contributed by atoms with E-state index in [2.05, 4.69) is 0 Å². The second-order valence-corrected chi connectivity index (χ2v) is 5.39. The van der Waals surface area contributed by atoms with Crippen LogP contribution in [-0.2, 0) is 14.3 Å². The van der Waals surface area contributed by atoms with Crippen LogP contribution in [0.2, 0.25) is 0 Å². The molecular formula is C16H20O9. The van der Waals surface area contributed by atoms with Gasteiger partial charge < -0.3 is 39.7 Å². The zero-order chi connectivity index (χ0) is 18.6. The number of benzene rings is 1. The predicted molar refractivity (Wildman–Crippen MR) is 83.6 cm³/mol. The third-order valence-corrected chi connectivity index (χ3v) is 3.72. The lowest BCUT2D eigenvalue weighted by Crippen LogP contribution is -2.59. The van der Waals surface area contributed by atoms with Crippen LogP contribution in [0.5, 0.6) is 11.5 Å². The lowest BCUT2D eigenvalue weighted by molar-refractivity contribution is -0.291. The van der Waals surface area contributed by atoms with Crippen molar-refractivity contribution in [1.29, 1.82) is 0 Å². The Morgan fingerprint density at radius 2 is 1.96 bits per heavy atom. The monoisotopic (exact) mass is 356 g/mol. The fourth-order valence-corrected chi connectivity index (χ4v) is 2.27. The summed E-state index contributed by atoms with van der Waals surface area (Å²) in [5.74, 6) is -0.589. The topological polar surface area (TPSA) is 146 Å². The molecule has 0 aliphatic carbocycles. The summed E-state index contributed by atoms with van der Waals surface area (Å²) in [6, 6.07) is 4.47. The molecule has 0 saturated carbocycles. The van der Waals surface area contributed by atoms with Crippen molar-refractivity contribution < 1.29 is 44.5 Å². The Kier molecular flexibility index (Phi) is 6.34. The third kappa shape index (κ3) is 4.47. The molecule has 0 spiro atoms. The molecule has 1 aliphatic heterocycles. The summed E-state index contributed by atoms with van der Waals surface area (Å²) in [6.45, 7) is -0.630. The molecule has 1 aromatic carbocycles. The summed E-state index contributed by atoms with van der Waals surface area (Å²) < 4.78 is 14.9. The molecule has 25 heavy (non-hydrogen) atoms. The Balaban J connectivity index is 2.01. The van der Waals surface area contributed by atoms with Gasteiger partial charge in [0.05, 0.1) is 13.7 Å². The van der Waals surface area contributed by atoms with Gasteiger partial charge >= 0.3 is 5.97 Å². The number of hydrogen-bond acceptors (Lipinski definition) is 9. The smallest absolute Gasteiger partial charge is 0.333 e. The van der Waals surface area contributed by atoms with E-state index in [1.807, 2.05) is 0 Å². The molecule has 2 rings (SSSR count). The Labute approximate surface area is 143 Å². The van der Waals surface area contributed by atoms with Crippen LogP contribution in [0.25, 0.3) is 6.08 Å². The minimum absolute atomic E-state index is 0.115. The molecule has 5 N–H and O–H groups in total. The summed E-state index contributed by atoms with van der Waals surface area (Å²) in [5.41, 5.74) is 0.326. The van der Waals surface area contributed by atoms with E-state index in [0.29, 0.717) is 11.3 Å². The maximum Gasteiger partial charge on any atom is 0.333 e. The molecule has 0 aromatic heterocycles. The van der Waals surface area contributed by atoms with Crippen LogP contribution >= 0.6 is 0 Å². The van der Waals surface area contributed by atoms with Crippen LogP contribution in [0.1, 0.15) is 5.56 Å². The Morgan fingerprint density at radius 3 is 2.56 bits per heavy atom. The molecular weight excluding hydrogens is 336 g/mol. The predicted octanol–water partition coefficient (Wildman–Crippen LogP) is -1.24. The van der Waals surface area contributed by atoms with Crippen LogP contribution in [0.3, 0.4) is 0 Å². The second kappa shape index (κ2) is 8.28. The SMILES string of the molecule is COc1ccc(C=CC(=O)OC2OC(CO)C(O)C(O)C2O)c(O)c1. The van der Waals surface area contributed by atoms with Crippen molar-refractivity contribution in [3.63, 3.8) is 0 Å². The van der Waals surface area contributed by atoms with Crippen molar-refractivity contribution in [2.75, 3.05) is 13.7 Å². The van der Waals surface area contributed by atoms with Crippen molar-refractivity contribution in [3.05, 3.63) is 29.8 Å². The van der Waals surface area contributed by atoms with Gasteiger partial charge in [-0.05, 0) is 18.2 Å². The minimum Gasteiger partial charge on any atom is -0.507 e. The zero-order valence-electron chi connectivity index (χ0n) is 13.3. The molecule has 9 nitrogen and oxygen atoms in total. The number of carbonyl (C=O) groups is 1. The molecule has 9 heteroatoms. The Morgan fingerprint density at radius 1 is 1.24 bits per heavy atom. The maximum absolute atomic E-state index is 11.8. The lowest BCUT2D eigenvalue weighted by Gasteiger charge is -2.38. The molecule has 0 radical (unpaired) electrons. The molecule has 1 fully saturated rings. The number of phenolic OH excluding ortho intramolecular Hbond substituents is 1. The highest BCUT2D eigenvalue weighted by molar-refractivity contribution is 5.87. The van der Waals surface area contributed by atoms with Gasteiger partial charge in [-0.15, -0.1) is 0 Å². The van der Waals surface area contributed by atoms with E-state index in [-0.39, 0.29) is 5.75 Å². The number of hydrogen-bond donors (Lipinski definition) is 5. The normalized spacial score (nSPS) is 29.6. The van der Waals surface area contributed by atoms with E-state index in [9.17, 15) is 25.2 Å². The number of methoxy groups -OCH3 is 1. The first-order chi connectivity index (χ1) is 11.9. The van der Waals surface area contributed by atoms with Gasteiger partial charge in [0.1, 0.15) is 35.9 Å². The van der Waals surface area contributed by atoms with Crippen LogP contribution in [0.15, 0.2) is 24.3 Å². The van der Waals surface area contributed by atoms with E-state index in [0.717, 1.165) is 6.08 Å². The van der Waals surface area contributed by atoms with Gasteiger partial charge in [-0.1, -0.05) is 0 Å². The summed E-state index contributed by atoms with van der Waals surface area (Å²) >= 11 is 0. The first-order valence-electron chi connectivity index (χ1n) is 7.43. The summed E-state index contributed by atoms with van der Waals surface area (Å²) in [4.78, 5) is 11.8. The molecule has 1 aromatic rings. The first-order valence-corrected chi connectivity index (χ1v) is 7.43. The van der Waals surface area contributed by atoms with Crippen molar-refractivity contribution in [2.45, 2.75) is 30.7 Å². The van der Waals surface area contributed by atoms with E-state index >= 15 is 0 Å². The van der Waals surface area contributed by atoms with E-state index < -0.39 is 43.3 Å². The molecule has 5 unspecified atom stereocenters. The van der Waals surface area contributed by atoms with Crippen LogP contribution in [0.4, 0.5) is 0 Å². The zero-order valence-corrected chi connectivity index (χ0v) is 13.3. The molecule has 5 atom stereocenters. The van der Waals surface area contributed by atoms with E-state index in [1.165, 1.54) is 25.3 Å². The van der Waals surface area contributed by atoms with Crippen LogP contribution in [-0.4, -0.2) is 75.9 Å². The number of aromatic hydroxyl groups is 1. The number of rotatable bonds is 5. The summed E-state index contributed by atoms with van der Waals surface area (Å²) in [6.07, 6.45) is -5.32. The fourth-order valence-electron chi connectivity index (χ4n) is 2.27. The largest absolute Gasteiger partial charge is 0.507 e. The second-order valence-electron chi connectivity index (χ2n) is 5.39. The summed E-state index contributed by atoms with van der Waals surface area (Å²) in [7, 11) is 1.45. The molecule has 138 valence electrons. The van der Waals surface area contributed by atoms with Gasteiger partial charge in [-0.2, -0.15) is 0 Å². The highest BCUT2D eigenvalue weighted by Crippen LogP contribution is 2.25. The van der Waals surface area contributed by atoms with E-state index in [1.54, 1.807) is 6.07 Å². The van der Waals surface area contributed by atoms with Gasteiger partial charge in [0, 0.05) is 17.7 Å². The number of phenols is 1. The number of ether oxygens (including phenoxy) is 3. The first kappa shape index (κ1) is 19.2.